The second-order valence-electron chi connectivity index (χ2n) is 10.4. The summed E-state index contributed by atoms with van der Waals surface area (Å²) in [6.07, 6.45) is 2.21. The summed E-state index contributed by atoms with van der Waals surface area (Å²) in [6.45, 7) is 1.75. The quantitative estimate of drug-likeness (QED) is 0.178. The third kappa shape index (κ3) is 6.68. The van der Waals surface area contributed by atoms with Crippen LogP contribution in [0.4, 0.5) is 20.3 Å². The molecule has 0 saturated carbocycles. The van der Waals surface area contributed by atoms with Gasteiger partial charge in [0.1, 0.15) is 5.82 Å². The highest BCUT2D eigenvalue weighted by molar-refractivity contribution is 6.31. The lowest BCUT2D eigenvalue weighted by Crippen LogP contribution is -2.29. The topological polar surface area (TPSA) is 187 Å². The molecule has 0 unspecified atom stereocenters. The molecule has 4 aromatic rings. The summed E-state index contributed by atoms with van der Waals surface area (Å²) in [5.41, 5.74) is 5.49. The molecule has 1 aliphatic heterocycles. The number of carboxylic acids is 1. The predicted molar refractivity (Wildman–Crippen MR) is 162 cm³/mol. The number of hydrogen-bond acceptors (Lipinski definition) is 9. The van der Waals surface area contributed by atoms with E-state index in [-0.39, 0.29) is 28.8 Å². The Balaban J connectivity index is 1.58. The number of aromatic carboxylic acids is 1. The molecule has 2 bridgehead atoms. The number of hydrogen-bond donors (Lipinski definition) is 4. The maximum atomic E-state index is 13.6. The van der Waals surface area contributed by atoms with Crippen LogP contribution in [0.25, 0.3) is 16.9 Å². The number of anilines is 2. The minimum atomic E-state index is -2.93. The highest BCUT2D eigenvalue weighted by Crippen LogP contribution is 2.32. The van der Waals surface area contributed by atoms with Gasteiger partial charge in [-0.2, -0.15) is 5.10 Å². The van der Waals surface area contributed by atoms with Gasteiger partial charge >= 0.3 is 5.97 Å². The zero-order chi connectivity index (χ0) is 32.4. The number of rotatable bonds is 6. The minimum Gasteiger partial charge on any atom is -0.476 e. The van der Waals surface area contributed by atoms with Crippen molar-refractivity contribution in [2.24, 2.45) is 17.5 Å². The van der Waals surface area contributed by atoms with Crippen molar-refractivity contribution in [1.29, 1.82) is 0 Å². The maximum absolute atomic E-state index is 13.6. The van der Waals surface area contributed by atoms with Crippen molar-refractivity contribution in [2.75, 3.05) is 10.3 Å². The van der Waals surface area contributed by atoms with Crippen molar-refractivity contribution >= 4 is 35.0 Å². The van der Waals surface area contributed by atoms with E-state index in [1.165, 1.54) is 52.1 Å². The number of carbonyl (C=O) groups excluding carboxylic acids is 1. The molecule has 16 heteroatoms. The Morgan fingerprint density at radius 3 is 2.67 bits per heavy atom. The van der Waals surface area contributed by atoms with Crippen LogP contribution >= 0.6 is 11.6 Å². The Kier molecular flexibility index (Phi) is 8.92. The second-order valence-corrected chi connectivity index (χ2v) is 10.9. The molecule has 234 valence electrons. The van der Waals surface area contributed by atoms with Crippen LogP contribution in [-0.2, 0) is 4.79 Å². The molecule has 6 N–H and O–H groups in total. The first-order chi connectivity index (χ1) is 21.4. The van der Waals surface area contributed by atoms with Crippen LogP contribution in [0.15, 0.2) is 71.7 Å². The van der Waals surface area contributed by atoms with Crippen LogP contribution in [0.5, 0.6) is 0 Å². The number of carboxylic acid groups (broad SMARTS) is 1. The van der Waals surface area contributed by atoms with Crippen LogP contribution in [0.3, 0.4) is 0 Å². The van der Waals surface area contributed by atoms with E-state index in [2.05, 4.69) is 20.4 Å². The van der Waals surface area contributed by atoms with Gasteiger partial charge in [0.25, 0.3) is 12.0 Å². The van der Waals surface area contributed by atoms with Gasteiger partial charge in [-0.25, -0.2) is 29.1 Å². The fourth-order valence-corrected chi connectivity index (χ4v) is 5.14. The largest absolute Gasteiger partial charge is 0.476 e. The van der Waals surface area contributed by atoms with Gasteiger partial charge in [0, 0.05) is 41.0 Å². The van der Waals surface area contributed by atoms with Gasteiger partial charge in [0.2, 0.25) is 5.91 Å². The maximum Gasteiger partial charge on any atom is 0.356 e. The average molecular weight is 640 g/mol. The standard InChI is InChI=1S/C29H28ClF2N9O4/c1-15-3-2-4-24(21-10-17(7-8-35-21)41-25(37-28(15)43)11-22(38-41)29(44)45)39-14-36-20(12-26(39)42)18-9-16(30)5-6-23(18)40(34)13-19(33)27(31)32/h5-15,24,27H,2-4,33-34H2,1H3,(H,37,43)(H,44,45)/b19-13-/t15-,24+/m1/s1. The molecule has 4 heterocycles. The molecule has 45 heavy (non-hydrogen) atoms. The van der Waals surface area contributed by atoms with Crippen LogP contribution in [0.2, 0.25) is 5.02 Å². The fourth-order valence-electron chi connectivity index (χ4n) is 4.97. The molecule has 0 fully saturated rings. The summed E-state index contributed by atoms with van der Waals surface area (Å²) in [5.74, 6) is 4.19. The summed E-state index contributed by atoms with van der Waals surface area (Å²) < 4.78 is 28.8. The lowest BCUT2D eigenvalue weighted by Gasteiger charge is -2.23. The molecule has 0 aliphatic carbocycles. The zero-order valence-corrected chi connectivity index (χ0v) is 24.5. The number of alkyl halides is 2. The zero-order valence-electron chi connectivity index (χ0n) is 23.8. The smallest absolute Gasteiger partial charge is 0.356 e. The normalized spacial score (nSPS) is 17.2. The number of fused-ring (bicyclic) bond motifs is 4. The Morgan fingerprint density at radius 2 is 1.96 bits per heavy atom. The van der Waals surface area contributed by atoms with Crippen LogP contribution in [-0.4, -0.2) is 47.7 Å². The third-order valence-electron chi connectivity index (χ3n) is 7.32. The summed E-state index contributed by atoms with van der Waals surface area (Å²) in [4.78, 5) is 47.2. The molecule has 3 aromatic heterocycles. The summed E-state index contributed by atoms with van der Waals surface area (Å²) >= 11 is 6.22. The number of allylic oxidation sites excluding steroid dienone is 1. The molecule has 13 nitrogen and oxygen atoms in total. The molecule has 2 atom stereocenters. The van der Waals surface area contributed by atoms with Crippen LogP contribution < -0.4 is 27.5 Å². The highest BCUT2D eigenvalue weighted by Gasteiger charge is 2.25. The first-order valence-corrected chi connectivity index (χ1v) is 14.1. The SMILES string of the molecule is C[C@@H]1CCC[C@H](n2cnc(-c3cc(Cl)ccc3N(N)/C=C(\N)C(F)F)cc2=O)c2cc(ccn2)-n2nc(C(=O)O)cc2NC1=O. The number of nitrogens with one attached hydrogen (secondary N) is 1. The number of nitrogens with two attached hydrogens (primary N) is 2. The molecule has 1 aliphatic rings. The molecule has 1 aromatic carbocycles. The van der Waals surface area contributed by atoms with E-state index < -0.39 is 35.6 Å². The molecule has 0 spiro atoms. The van der Waals surface area contributed by atoms with Gasteiger partial charge < -0.3 is 16.2 Å². The Morgan fingerprint density at radius 1 is 1.18 bits per heavy atom. The monoisotopic (exact) mass is 639 g/mol. The number of pyridine rings is 1. The Labute approximate surface area is 259 Å². The number of benzene rings is 1. The molecule has 0 saturated heterocycles. The first-order valence-electron chi connectivity index (χ1n) is 13.7. The highest BCUT2D eigenvalue weighted by atomic mass is 35.5. The Bertz CT molecular complexity index is 1860. The molecular weight excluding hydrogens is 612 g/mol. The number of nitrogens with zero attached hydrogens (tertiary/aromatic N) is 6. The summed E-state index contributed by atoms with van der Waals surface area (Å²) in [7, 11) is 0. The van der Waals surface area contributed by atoms with Gasteiger partial charge in [-0.15, -0.1) is 0 Å². The van der Waals surface area contributed by atoms with Crippen molar-refractivity contribution in [3.05, 3.63) is 93.7 Å². The van der Waals surface area contributed by atoms with Gasteiger partial charge in [-0.05, 0) is 43.2 Å². The summed E-state index contributed by atoms with van der Waals surface area (Å²) in [5, 5.41) is 17.6. The van der Waals surface area contributed by atoms with Crippen LogP contribution in [0, 0.1) is 5.92 Å². The lowest BCUT2D eigenvalue weighted by atomic mass is 9.98. The minimum absolute atomic E-state index is 0.177. The molecule has 5 rings (SSSR count). The van der Waals surface area contributed by atoms with Crippen LogP contribution in [0.1, 0.15) is 48.4 Å². The lowest BCUT2D eigenvalue weighted by molar-refractivity contribution is -0.119. The van der Waals surface area contributed by atoms with Crippen molar-refractivity contribution in [1.82, 2.24) is 24.3 Å². The van der Waals surface area contributed by atoms with Gasteiger partial charge in [-0.3, -0.25) is 24.1 Å². The number of halogens is 3. The van der Waals surface area contributed by atoms with E-state index in [0.717, 1.165) is 11.2 Å². The molecular formula is C29H28ClF2N9O4. The third-order valence-corrected chi connectivity index (χ3v) is 7.55. The fraction of sp³-hybridized carbons (Fsp3) is 0.241. The number of aromatic nitrogens is 5. The van der Waals surface area contributed by atoms with E-state index in [9.17, 15) is 28.3 Å². The van der Waals surface area contributed by atoms with E-state index >= 15 is 0 Å². The van der Waals surface area contributed by atoms with Gasteiger partial charge in [-0.1, -0.05) is 24.9 Å². The predicted octanol–water partition coefficient (Wildman–Crippen LogP) is 3.94. The number of carbonyl (C=O) groups is 2. The van der Waals surface area contributed by atoms with E-state index in [0.29, 0.717) is 41.2 Å². The second kappa shape index (κ2) is 12.8. The number of hydrazine groups is 1. The molecule has 1 amide bonds. The van der Waals surface area contributed by atoms with Gasteiger partial charge in [0.05, 0.1) is 40.8 Å². The van der Waals surface area contributed by atoms with E-state index in [4.69, 9.17) is 23.2 Å². The van der Waals surface area contributed by atoms with Crippen molar-refractivity contribution in [3.63, 3.8) is 0 Å². The number of amides is 1. The molecule has 0 radical (unpaired) electrons. The average Bonchev–Trinajstić information content (AvgIpc) is 3.43. The van der Waals surface area contributed by atoms with Gasteiger partial charge in [0.15, 0.2) is 5.69 Å². The van der Waals surface area contributed by atoms with Crippen molar-refractivity contribution in [2.45, 2.75) is 38.7 Å². The summed E-state index contributed by atoms with van der Waals surface area (Å²) in [6, 6.07) is 9.66. The Hall–Kier alpha value is -5.15. The first kappa shape index (κ1) is 31.3. The van der Waals surface area contributed by atoms with Crippen molar-refractivity contribution in [3.8, 4) is 16.9 Å². The van der Waals surface area contributed by atoms with Crippen molar-refractivity contribution < 1.29 is 23.5 Å². The van der Waals surface area contributed by atoms with E-state index in [1.807, 2.05) is 0 Å². The van der Waals surface area contributed by atoms with E-state index in [1.54, 1.807) is 19.1 Å².